The lowest BCUT2D eigenvalue weighted by Gasteiger charge is -2.21. The number of carbonyl (C=O) groups excluding carboxylic acids is 1. The summed E-state index contributed by atoms with van der Waals surface area (Å²) in [6, 6.07) is 7.28. The molecule has 1 atom stereocenters. The smallest absolute Gasteiger partial charge is 0.266 e. The molecule has 0 bridgehead atoms. The second kappa shape index (κ2) is 11.4. The Bertz CT molecular complexity index is 662. The zero-order valence-corrected chi connectivity index (χ0v) is 16.3. The summed E-state index contributed by atoms with van der Waals surface area (Å²) in [5.41, 5.74) is 5.32. The van der Waals surface area contributed by atoms with Crippen LogP contribution in [0.4, 0.5) is 0 Å². The standard InChI is InChI=1S/C20H29N3O5/c1-3-10-20(19(25)23-21-11-4-13-26-2)15-28-18(22-20)16-6-8-17(9-7-16)27-14-5-12-24/h3,6-9,21,24H,1,4-5,10-15H2,2H3,(H,23,25)/t20-/m0/s1. The number of aliphatic hydroxyl groups is 1. The highest BCUT2D eigenvalue weighted by Crippen LogP contribution is 2.27. The average molecular weight is 391 g/mol. The number of nitrogens with zero attached hydrogens (tertiary/aromatic N) is 1. The van der Waals surface area contributed by atoms with Gasteiger partial charge in [-0.2, -0.15) is 0 Å². The first kappa shape index (κ1) is 21.9. The van der Waals surface area contributed by atoms with Crippen molar-refractivity contribution in [2.24, 2.45) is 4.99 Å². The van der Waals surface area contributed by atoms with E-state index in [9.17, 15) is 4.79 Å². The first-order valence-corrected chi connectivity index (χ1v) is 9.35. The molecule has 1 heterocycles. The molecular weight excluding hydrogens is 362 g/mol. The van der Waals surface area contributed by atoms with Crippen LogP contribution in [0.3, 0.4) is 0 Å². The van der Waals surface area contributed by atoms with E-state index in [1.165, 1.54) is 0 Å². The minimum Gasteiger partial charge on any atom is -0.494 e. The number of aliphatic imine (C=N–C) groups is 1. The van der Waals surface area contributed by atoms with E-state index in [4.69, 9.17) is 19.3 Å². The number of hydrogen-bond donors (Lipinski definition) is 3. The minimum absolute atomic E-state index is 0.0947. The fourth-order valence-corrected chi connectivity index (χ4v) is 2.66. The molecule has 1 amide bonds. The topological polar surface area (TPSA) is 101 Å². The van der Waals surface area contributed by atoms with Gasteiger partial charge < -0.3 is 19.3 Å². The molecule has 8 nitrogen and oxygen atoms in total. The van der Waals surface area contributed by atoms with Crippen molar-refractivity contribution < 1.29 is 24.1 Å². The molecule has 1 aliphatic heterocycles. The van der Waals surface area contributed by atoms with Gasteiger partial charge in [-0.05, 0) is 30.7 Å². The predicted octanol–water partition coefficient (Wildman–Crippen LogP) is 1.20. The van der Waals surface area contributed by atoms with Crippen molar-refractivity contribution in [1.82, 2.24) is 10.9 Å². The third kappa shape index (κ3) is 6.05. The molecule has 0 spiro atoms. The Morgan fingerprint density at radius 3 is 2.82 bits per heavy atom. The molecule has 0 aliphatic carbocycles. The molecule has 1 aliphatic rings. The minimum atomic E-state index is -1.04. The van der Waals surface area contributed by atoms with Crippen LogP contribution >= 0.6 is 0 Å². The van der Waals surface area contributed by atoms with Crippen LogP contribution in [0.5, 0.6) is 5.75 Å². The van der Waals surface area contributed by atoms with Crippen molar-refractivity contribution in [2.45, 2.75) is 24.8 Å². The molecule has 8 heteroatoms. The average Bonchev–Trinajstić information content (AvgIpc) is 3.14. The maximum Gasteiger partial charge on any atom is 0.266 e. The van der Waals surface area contributed by atoms with E-state index in [1.54, 1.807) is 13.2 Å². The Morgan fingerprint density at radius 1 is 1.36 bits per heavy atom. The van der Waals surface area contributed by atoms with Gasteiger partial charge in [0.15, 0.2) is 5.54 Å². The largest absolute Gasteiger partial charge is 0.494 e. The number of nitrogens with one attached hydrogen (secondary N) is 2. The predicted molar refractivity (Wildman–Crippen MR) is 106 cm³/mol. The Morgan fingerprint density at radius 2 is 2.14 bits per heavy atom. The number of carbonyl (C=O) groups is 1. The lowest BCUT2D eigenvalue weighted by molar-refractivity contribution is -0.127. The van der Waals surface area contributed by atoms with Gasteiger partial charge in [0.2, 0.25) is 5.90 Å². The molecule has 2 rings (SSSR count). The van der Waals surface area contributed by atoms with Crippen molar-refractivity contribution in [3.63, 3.8) is 0 Å². The summed E-state index contributed by atoms with van der Waals surface area (Å²) in [5.74, 6) is 0.855. The Labute approximate surface area is 165 Å². The number of methoxy groups -OCH3 is 1. The molecule has 1 aromatic carbocycles. The van der Waals surface area contributed by atoms with Gasteiger partial charge in [-0.15, -0.1) is 6.58 Å². The zero-order valence-electron chi connectivity index (χ0n) is 16.3. The van der Waals surface area contributed by atoms with Crippen molar-refractivity contribution in [3.05, 3.63) is 42.5 Å². The zero-order chi connectivity index (χ0) is 20.2. The number of hydrogen-bond acceptors (Lipinski definition) is 7. The van der Waals surface area contributed by atoms with Gasteiger partial charge in [-0.1, -0.05) is 6.08 Å². The second-order valence-electron chi connectivity index (χ2n) is 6.41. The highest BCUT2D eigenvalue weighted by Gasteiger charge is 2.43. The lowest BCUT2D eigenvalue weighted by atomic mass is 9.97. The van der Waals surface area contributed by atoms with Gasteiger partial charge in [-0.3, -0.25) is 10.2 Å². The number of aliphatic hydroxyl groups excluding tert-OH is 1. The van der Waals surface area contributed by atoms with Gasteiger partial charge in [0.05, 0.1) is 6.61 Å². The molecule has 0 saturated carbocycles. The van der Waals surface area contributed by atoms with Gasteiger partial charge in [0.1, 0.15) is 12.4 Å². The monoisotopic (exact) mass is 391 g/mol. The van der Waals surface area contributed by atoms with Crippen LogP contribution in [0.2, 0.25) is 0 Å². The molecule has 3 N–H and O–H groups in total. The van der Waals surface area contributed by atoms with E-state index in [1.807, 2.05) is 24.3 Å². The second-order valence-corrected chi connectivity index (χ2v) is 6.41. The highest BCUT2D eigenvalue weighted by atomic mass is 16.5. The number of benzene rings is 1. The SMILES string of the molecule is C=CC[C@@]1(C(=O)NNCCCOC)COC(c2ccc(OCCCO)cc2)=N1. The van der Waals surface area contributed by atoms with Crippen molar-refractivity contribution in [2.75, 3.05) is 40.1 Å². The van der Waals surface area contributed by atoms with Crippen molar-refractivity contribution in [3.8, 4) is 5.75 Å². The third-order valence-corrected chi connectivity index (χ3v) is 4.19. The molecule has 28 heavy (non-hydrogen) atoms. The summed E-state index contributed by atoms with van der Waals surface area (Å²) >= 11 is 0. The summed E-state index contributed by atoms with van der Waals surface area (Å²) in [7, 11) is 1.64. The maximum absolute atomic E-state index is 12.7. The van der Waals surface area contributed by atoms with Crippen LogP contribution in [-0.2, 0) is 14.3 Å². The van der Waals surface area contributed by atoms with E-state index in [-0.39, 0.29) is 19.1 Å². The summed E-state index contributed by atoms with van der Waals surface area (Å²) in [5, 5.41) is 8.80. The molecule has 0 fully saturated rings. The van der Waals surface area contributed by atoms with Crippen molar-refractivity contribution in [1.29, 1.82) is 0 Å². The molecule has 1 aromatic rings. The van der Waals surface area contributed by atoms with Crippen LogP contribution in [0.15, 0.2) is 41.9 Å². The summed E-state index contributed by atoms with van der Waals surface area (Å²) in [6.07, 6.45) is 3.39. The van der Waals surface area contributed by atoms with Crippen LogP contribution in [0.25, 0.3) is 0 Å². The number of amides is 1. The first-order valence-electron chi connectivity index (χ1n) is 9.35. The van der Waals surface area contributed by atoms with Gasteiger partial charge in [0.25, 0.3) is 5.91 Å². The number of rotatable bonds is 13. The summed E-state index contributed by atoms with van der Waals surface area (Å²) in [6.45, 7) is 5.65. The van der Waals surface area contributed by atoms with Crippen LogP contribution in [0.1, 0.15) is 24.8 Å². The van der Waals surface area contributed by atoms with Gasteiger partial charge >= 0.3 is 0 Å². The molecule has 0 radical (unpaired) electrons. The van der Waals surface area contributed by atoms with E-state index < -0.39 is 5.54 Å². The van der Waals surface area contributed by atoms with Crippen LogP contribution < -0.4 is 15.6 Å². The molecule has 0 unspecified atom stereocenters. The van der Waals surface area contributed by atoms with Gasteiger partial charge in [-0.25, -0.2) is 10.4 Å². The van der Waals surface area contributed by atoms with Crippen LogP contribution in [0, 0.1) is 0 Å². The number of ether oxygens (including phenoxy) is 3. The Hall–Kier alpha value is -2.42. The van der Waals surface area contributed by atoms with E-state index in [2.05, 4.69) is 22.4 Å². The number of hydrazine groups is 1. The highest BCUT2D eigenvalue weighted by molar-refractivity contribution is 6.00. The fourth-order valence-electron chi connectivity index (χ4n) is 2.66. The van der Waals surface area contributed by atoms with Crippen molar-refractivity contribution >= 4 is 11.8 Å². The van der Waals surface area contributed by atoms with E-state index >= 15 is 0 Å². The van der Waals surface area contributed by atoms with E-state index in [0.717, 1.165) is 12.0 Å². The van der Waals surface area contributed by atoms with E-state index in [0.29, 0.717) is 44.2 Å². The first-order chi connectivity index (χ1) is 13.6. The third-order valence-electron chi connectivity index (χ3n) is 4.19. The normalized spacial score (nSPS) is 18.3. The summed E-state index contributed by atoms with van der Waals surface area (Å²) < 4.78 is 16.2. The Kier molecular flexibility index (Phi) is 8.93. The molecular formula is C20H29N3O5. The summed E-state index contributed by atoms with van der Waals surface area (Å²) in [4.78, 5) is 17.3. The fraction of sp³-hybridized carbons (Fsp3) is 0.500. The maximum atomic E-state index is 12.7. The quantitative estimate of drug-likeness (QED) is 0.265. The Balaban J connectivity index is 2.01. The molecule has 0 saturated heterocycles. The molecule has 0 aromatic heterocycles. The molecule has 154 valence electrons. The van der Waals surface area contributed by atoms with Crippen LogP contribution in [-0.4, -0.2) is 62.5 Å². The lowest BCUT2D eigenvalue weighted by Crippen LogP contribution is -2.51. The van der Waals surface area contributed by atoms with Gasteiger partial charge in [0, 0.05) is 45.3 Å².